The lowest BCUT2D eigenvalue weighted by molar-refractivity contribution is -0.141. The Kier molecular flexibility index (Phi) is 6.30. The number of amides is 2. The van der Waals surface area contributed by atoms with Crippen molar-refractivity contribution in [1.29, 1.82) is 0 Å². The molecule has 116 valence electrons. The first-order chi connectivity index (χ1) is 9.30. The van der Waals surface area contributed by atoms with Gasteiger partial charge in [-0.3, -0.25) is 0 Å². The van der Waals surface area contributed by atoms with E-state index >= 15 is 0 Å². The number of carbonyl (C=O) groups excluding carboxylic acids is 1. The second-order valence-corrected chi connectivity index (χ2v) is 6.80. The van der Waals surface area contributed by atoms with Crippen molar-refractivity contribution >= 4 is 12.0 Å². The third kappa shape index (κ3) is 5.80. The zero-order valence-electron chi connectivity index (χ0n) is 12.9. The molecule has 1 aliphatic carbocycles. The quantitative estimate of drug-likeness (QED) is 0.745. The lowest BCUT2D eigenvalue weighted by Crippen LogP contribution is -2.54. The Bertz CT molecular complexity index is 329. The Morgan fingerprint density at radius 2 is 1.55 bits per heavy atom. The van der Waals surface area contributed by atoms with Gasteiger partial charge in [0.2, 0.25) is 0 Å². The second kappa shape index (κ2) is 7.50. The predicted octanol–water partition coefficient (Wildman–Crippen LogP) is 2.90. The Balaban J connectivity index is 2.50. The molecule has 0 spiro atoms. The number of nitrogens with one attached hydrogen (secondary N) is 2. The Morgan fingerprint density at radius 1 is 1.05 bits per heavy atom. The van der Waals surface area contributed by atoms with Gasteiger partial charge in [0, 0.05) is 6.04 Å². The lowest BCUT2D eigenvalue weighted by atomic mass is 9.87. The van der Waals surface area contributed by atoms with Crippen molar-refractivity contribution in [3.05, 3.63) is 0 Å². The summed E-state index contributed by atoms with van der Waals surface area (Å²) in [6.45, 7) is 5.42. The SMILES string of the molecule is CC(C)(C)[C@H](NC(=O)NC1CCCCCCC1)C(=O)O. The average Bonchev–Trinajstić information content (AvgIpc) is 2.27. The highest BCUT2D eigenvalue weighted by molar-refractivity contribution is 5.83. The molecule has 1 atom stereocenters. The van der Waals surface area contributed by atoms with Gasteiger partial charge in [0.25, 0.3) is 0 Å². The van der Waals surface area contributed by atoms with E-state index in [1.807, 2.05) is 20.8 Å². The normalized spacial score (nSPS) is 19.6. The van der Waals surface area contributed by atoms with E-state index in [1.165, 1.54) is 19.3 Å². The molecule has 20 heavy (non-hydrogen) atoms. The van der Waals surface area contributed by atoms with Crippen LogP contribution in [0.5, 0.6) is 0 Å². The van der Waals surface area contributed by atoms with Crippen LogP contribution in [0, 0.1) is 5.41 Å². The average molecular weight is 284 g/mol. The highest BCUT2D eigenvalue weighted by Gasteiger charge is 2.32. The van der Waals surface area contributed by atoms with E-state index in [-0.39, 0.29) is 12.1 Å². The molecule has 1 saturated carbocycles. The minimum absolute atomic E-state index is 0.171. The van der Waals surface area contributed by atoms with Crippen LogP contribution in [0.3, 0.4) is 0 Å². The van der Waals surface area contributed by atoms with Crippen LogP contribution in [0.15, 0.2) is 0 Å². The molecule has 0 aromatic carbocycles. The number of urea groups is 1. The van der Waals surface area contributed by atoms with Gasteiger partial charge in [-0.15, -0.1) is 0 Å². The maximum absolute atomic E-state index is 12.0. The molecule has 1 fully saturated rings. The molecule has 0 saturated heterocycles. The molecule has 0 bridgehead atoms. The van der Waals surface area contributed by atoms with Gasteiger partial charge in [-0.1, -0.05) is 52.9 Å². The van der Waals surface area contributed by atoms with Crippen molar-refractivity contribution in [1.82, 2.24) is 10.6 Å². The Hall–Kier alpha value is -1.26. The number of carbonyl (C=O) groups is 2. The minimum atomic E-state index is -0.995. The molecule has 1 aliphatic rings. The van der Waals surface area contributed by atoms with Gasteiger partial charge in [0.05, 0.1) is 0 Å². The van der Waals surface area contributed by atoms with E-state index in [4.69, 9.17) is 0 Å². The smallest absolute Gasteiger partial charge is 0.326 e. The van der Waals surface area contributed by atoms with Gasteiger partial charge in [-0.2, -0.15) is 0 Å². The van der Waals surface area contributed by atoms with Crippen molar-refractivity contribution in [3.8, 4) is 0 Å². The van der Waals surface area contributed by atoms with Crippen molar-refractivity contribution in [2.24, 2.45) is 5.41 Å². The number of hydrogen-bond acceptors (Lipinski definition) is 2. The van der Waals surface area contributed by atoms with Crippen LogP contribution in [0.2, 0.25) is 0 Å². The summed E-state index contributed by atoms with van der Waals surface area (Å²) in [6.07, 6.45) is 7.96. The first-order valence-corrected chi connectivity index (χ1v) is 7.60. The molecule has 0 aromatic rings. The molecule has 0 aromatic heterocycles. The van der Waals surface area contributed by atoms with Crippen LogP contribution < -0.4 is 10.6 Å². The molecular formula is C15H28N2O3. The van der Waals surface area contributed by atoms with Gasteiger partial charge in [0.15, 0.2) is 0 Å². The monoisotopic (exact) mass is 284 g/mol. The maximum atomic E-state index is 12.0. The van der Waals surface area contributed by atoms with Gasteiger partial charge < -0.3 is 15.7 Å². The standard InChI is InChI=1S/C15H28N2O3/c1-15(2,3)12(13(18)19)17-14(20)16-11-9-7-5-4-6-8-10-11/h11-12H,4-10H2,1-3H3,(H,18,19)(H2,16,17,20)/t12-/m1/s1. The third-order valence-electron chi connectivity index (χ3n) is 3.83. The second-order valence-electron chi connectivity index (χ2n) is 6.80. The Morgan fingerprint density at radius 3 is 2.00 bits per heavy atom. The van der Waals surface area contributed by atoms with E-state index in [0.29, 0.717) is 0 Å². The minimum Gasteiger partial charge on any atom is -0.480 e. The summed E-state index contributed by atoms with van der Waals surface area (Å²) in [7, 11) is 0. The molecule has 1 rings (SSSR count). The predicted molar refractivity (Wildman–Crippen MR) is 78.7 cm³/mol. The molecule has 0 unspecified atom stereocenters. The maximum Gasteiger partial charge on any atom is 0.326 e. The van der Waals surface area contributed by atoms with Crippen molar-refractivity contribution < 1.29 is 14.7 Å². The summed E-state index contributed by atoms with van der Waals surface area (Å²) in [5.41, 5.74) is -0.510. The van der Waals surface area contributed by atoms with Crippen molar-refractivity contribution in [2.75, 3.05) is 0 Å². The zero-order valence-corrected chi connectivity index (χ0v) is 12.9. The van der Waals surface area contributed by atoms with Gasteiger partial charge in [-0.25, -0.2) is 9.59 Å². The summed E-state index contributed by atoms with van der Waals surface area (Å²) in [5.74, 6) is -0.995. The summed E-state index contributed by atoms with van der Waals surface area (Å²) < 4.78 is 0. The van der Waals surface area contributed by atoms with E-state index < -0.39 is 17.4 Å². The van der Waals surface area contributed by atoms with E-state index in [1.54, 1.807) is 0 Å². The fourth-order valence-corrected chi connectivity index (χ4v) is 2.61. The summed E-state index contributed by atoms with van der Waals surface area (Å²) >= 11 is 0. The van der Waals surface area contributed by atoms with Crippen LogP contribution in [-0.2, 0) is 4.79 Å². The number of carboxylic acids is 1. The van der Waals surface area contributed by atoms with Crippen LogP contribution in [0.25, 0.3) is 0 Å². The van der Waals surface area contributed by atoms with Crippen molar-refractivity contribution in [2.45, 2.75) is 77.8 Å². The number of rotatable bonds is 3. The fraction of sp³-hybridized carbons (Fsp3) is 0.867. The summed E-state index contributed by atoms with van der Waals surface area (Å²) in [5, 5.41) is 14.7. The van der Waals surface area contributed by atoms with Crippen LogP contribution in [0.1, 0.15) is 65.7 Å². The third-order valence-corrected chi connectivity index (χ3v) is 3.83. The van der Waals surface area contributed by atoms with Crippen LogP contribution >= 0.6 is 0 Å². The first kappa shape index (κ1) is 16.8. The molecule has 5 heteroatoms. The lowest BCUT2D eigenvalue weighted by Gasteiger charge is -2.29. The van der Waals surface area contributed by atoms with Crippen LogP contribution in [-0.4, -0.2) is 29.2 Å². The molecule has 0 aliphatic heterocycles. The van der Waals surface area contributed by atoms with E-state index in [2.05, 4.69) is 10.6 Å². The Labute approximate surface area is 121 Å². The van der Waals surface area contributed by atoms with E-state index in [0.717, 1.165) is 25.7 Å². The number of aliphatic carboxylic acids is 1. The van der Waals surface area contributed by atoms with Gasteiger partial charge in [0.1, 0.15) is 6.04 Å². The van der Waals surface area contributed by atoms with Crippen LogP contribution in [0.4, 0.5) is 4.79 Å². The van der Waals surface area contributed by atoms with Gasteiger partial charge >= 0.3 is 12.0 Å². The van der Waals surface area contributed by atoms with E-state index in [9.17, 15) is 14.7 Å². The topological polar surface area (TPSA) is 78.4 Å². The molecule has 2 amide bonds. The summed E-state index contributed by atoms with van der Waals surface area (Å²) in [6, 6.07) is -1.07. The highest BCUT2D eigenvalue weighted by atomic mass is 16.4. The molecule has 0 heterocycles. The summed E-state index contributed by atoms with van der Waals surface area (Å²) in [4.78, 5) is 23.2. The van der Waals surface area contributed by atoms with Crippen molar-refractivity contribution in [3.63, 3.8) is 0 Å². The van der Waals surface area contributed by atoms with Gasteiger partial charge in [-0.05, 0) is 18.3 Å². The zero-order chi connectivity index (χ0) is 15.2. The molecular weight excluding hydrogens is 256 g/mol. The largest absolute Gasteiger partial charge is 0.480 e. The molecule has 5 nitrogen and oxygen atoms in total. The number of carboxylic acid groups (broad SMARTS) is 1. The molecule has 3 N–H and O–H groups in total. The fourth-order valence-electron chi connectivity index (χ4n) is 2.61. The molecule has 0 radical (unpaired) electrons. The first-order valence-electron chi connectivity index (χ1n) is 7.60. The highest BCUT2D eigenvalue weighted by Crippen LogP contribution is 2.20. The number of hydrogen-bond donors (Lipinski definition) is 3.